The lowest BCUT2D eigenvalue weighted by molar-refractivity contribution is -0.141. The number of amides is 1. The molecule has 2 aliphatic rings. The highest BCUT2D eigenvalue weighted by Crippen LogP contribution is 2.48. The van der Waals surface area contributed by atoms with Gasteiger partial charge in [-0.15, -0.1) is 0 Å². The van der Waals surface area contributed by atoms with Gasteiger partial charge in [0.1, 0.15) is 0 Å². The zero-order chi connectivity index (χ0) is 19.7. The highest BCUT2D eigenvalue weighted by atomic mass is 16.3. The number of likely N-dealkylation sites (tertiary alicyclic amines) is 1. The third-order valence-corrected chi connectivity index (χ3v) is 7.51. The molecule has 0 aromatic carbocycles. The molecule has 3 heteroatoms. The van der Waals surface area contributed by atoms with Gasteiger partial charge in [-0.2, -0.15) is 0 Å². The summed E-state index contributed by atoms with van der Waals surface area (Å²) in [6.07, 6.45) is 16.8. The molecule has 0 aromatic rings. The van der Waals surface area contributed by atoms with E-state index in [0.717, 1.165) is 45.2 Å². The maximum atomic E-state index is 12.7. The van der Waals surface area contributed by atoms with Gasteiger partial charge >= 0.3 is 0 Å². The molecule has 1 aliphatic carbocycles. The minimum Gasteiger partial charge on any atom is -0.393 e. The van der Waals surface area contributed by atoms with Gasteiger partial charge in [-0.3, -0.25) is 4.79 Å². The van der Waals surface area contributed by atoms with Crippen LogP contribution in [0.25, 0.3) is 0 Å². The lowest BCUT2D eigenvalue weighted by Gasteiger charge is -2.53. The van der Waals surface area contributed by atoms with Gasteiger partial charge in [-0.1, -0.05) is 78.6 Å². The van der Waals surface area contributed by atoms with Crippen LogP contribution in [0.3, 0.4) is 0 Å². The fourth-order valence-electron chi connectivity index (χ4n) is 5.58. The molecule has 4 atom stereocenters. The van der Waals surface area contributed by atoms with Crippen LogP contribution in [0.2, 0.25) is 0 Å². The molecule has 1 saturated heterocycles. The molecule has 1 saturated carbocycles. The third kappa shape index (κ3) is 6.76. The van der Waals surface area contributed by atoms with E-state index in [2.05, 4.69) is 25.7 Å². The maximum absolute atomic E-state index is 12.7. The first-order valence-electron chi connectivity index (χ1n) is 11.9. The number of hydrogen-bond acceptors (Lipinski definition) is 2. The topological polar surface area (TPSA) is 40.5 Å². The Hall–Kier alpha value is -0.570. The predicted molar refractivity (Wildman–Crippen MR) is 114 cm³/mol. The van der Waals surface area contributed by atoms with Crippen molar-refractivity contribution in [2.75, 3.05) is 13.1 Å². The summed E-state index contributed by atoms with van der Waals surface area (Å²) in [5, 5.41) is 10.2. The summed E-state index contributed by atoms with van der Waals surface area (Å²) in [6.45, 7) is 8.62. The Morgan fingerprint density at radius 1 is 1.00 bits per heavy atom. The number of aliphatic hydroxyl groups excluding tert-OH is 1. The molecule has 1 heterocycles. The first-order valence-corrected chi connectivity index (χ1v) is 11.9. The molecule has 3 nitrogen and oxygen atoms in total. The van der Waals surface area contributed by atoms with E-state index in [4.69, 9.17) is 0 Å². The van der Waals surface area contributed by atoms with Crippen LogP contribution < -0.4 is 0 Å². The number of rotatable bonds is 11. The molecule has 1 aliphatic heterocycles. The monoisotopic (exact) mass is 379 g/mol. The van der Waals surface area contributed by atoms with Crippen molar-refractivity contribution < 1.29 is 9.90 Å². The number of carbonyl (C=O) groups is 1. The van der Waals surface area contributed by atoms with Crippen LogP contribution >= 0.6 is 0 Å². The van der Waals surface area contributed by atoms with Gasteiger partial charge in [-0.05, 0) is 42.9 Å². The zero-order valence-corrected chi connectivity index (χ0v) is 18.3. The second kappa shape index (κ2) is 11.4. The van der Waals surface area contributed by atoms with Gasteiger partial charge in [-0.25, -0.2) is 0 Å². The van der Waals surface area contributed by atoms with Crippen LogP contribution in [0.1, 0.15) is 111 Å². The van der Waals surface area contributed by atoms with Crippen molar-refractivity contribution >= 4 is 5.91 Å². The smallest absolute Gasteiger partial charge is 0.222 e. The largest absolute Gasteiger partial charge is 0.393 e. The van der Waals surface area contributed by atoms with E-state index in [0.29, 0.717) is 17.7 Å². The second-order valence-electron chi connectivity index (χ2n) is 9.76. The van der Waals surface area contributed by atoms with Crippen molar-refractivity contribution in [3.8, 4) is 0 Å². The standard InChI is InChI=1S/C24H45NO2/c1-4-5-6-7-8-9-10-11-12-13-14-23(27)25-18-16-21-20(2)22(26)15-17-24(21,3)19-25/h20-22,26H,4-19H2,1-3H3/t20-,21?,22-,24+/m0/s1. The number of fused-ring (bicyclic) bond motifs is 1. The zero-order valence-electron chi connectivity index (χ0n) is 18.3. The maximum Gasteiger partial charge on any atom is 0.222 e. The number of unbranched alkanes of at least 4 members (excludes halogenated alkanes) is 9. The van der Waals surface area contributed by atoms with Gasteiger partial charge in [0.05, 0.1) is 6.10 Å². The summed E-state index contributed by atoms with van der Waals surface area (Å²) < 4.78 is 0. The second-order valence-corrected chi connectivity index (χ2v) is 9.76. The normalized spacial score (nSPS) is 31.0. The molecule has 158 valence electrons. The van der Waals surface area contributed by atoms with Gasteiger partial charge < -0.3 is 10.0 Å². The minimum atomic E-state index is -0.142. The quantitative estimate of drug-likeness (QED) is 0.451. The molecule has 2 fully saturated rings. The van der Waals surface area contributed by atoms with Crippen molar-refractivity contribution in [3.63, 3.8) is 0 Å². The molecule has 27 heavy (non-hydrogen) atoms. The Morgan fingerprint density at radius 3 is 2.22 bits per heavy atom. The van der Waals surface area contributed by atoms with Crippen LogP contribution in [0.15, 0.2) is 0 Å². The summed E-state index contributed by atoms with van der Waals surface area (Å²) in [5.41, 5.74) is 0.213. The van der Waals surface area contributed by atoms with Crippen molar-refractivity contribution in [1.82, 2.24) is 4.90 Å². The minimum absolute atomic E-state index is 0.142. The van der Waals surface area contributed by atoms with E-state index in [-0.39, 0.29) is 11.5 Å². The fourth-order valence-corrected chi connectivity index (χ4v) is 5.58. The van der Waals surface area contributed by atoms with Crippen molar-refractivity contribution in [2.24, 2.45) is 17.3 Å². The van der Waals surface area contributed by atoms with Gasteiger partial charge in [0.2, 0.25) is 5.91 Å². The molecule has 2 rings (SSSR count). The molecule has 0 aromatic heterocycles. The molecule has 0 spiro atoms. The van der Waals surface area contributed by atoms with E-state index in [1.807, 2.05) is 0 Å². The average Bonchev–Trinajstić information content (AvgIpc) is 2.66. The number of carbonyl (C=O) groups excluding carboxylic acids is 1. The van der Waals surface area contributed by atoms with E-state index in [1.54, 1.807) is 0 Å². The Labute approximate surface area is 168 Å². The van der Waals surface area contributed by atoms with Crippen LogP contribution in [0.4, 0.5) is 0 Å². The van der Waals surface area contributed by atoms with E-state index < -0.39 is 0 Å². The average molecular weight is 380 g/mol. The summed E-state index contributed by atoms with van der Waals surface area (Å²) in [4.78, 5) is 14.8. The molecule has 0 radical (unpaired) electrons. The molecule has 1 amide bonds. The number of nitrogens with zero attached hydrogens (tertiary/aromatic N) is 1. The third-order valence-electron chi connectivity index (χ3n) is 7.51. The van der Waals surface area contributed by atoms with Crippen LogP contribution in [0.5, 0.6) is 0 Å². The van der Waals surface area contributed by atoms with Gasteiger partial charge in [0.25, 0.3) is 0 Å². The van der Waals surface area contributed by atoms with Crippen LogP contribution in [-0.2, 0) is 4.79 Å². The lowest BCUT2D eigenvalue weighted by atomic mass is 9.59. The fraction of sp³-hybridized carbons (Fsp3) is 0.958. The molecular formula is C24H45NO2. The Bertz CT molecular complexity index is 438. The molecule has 0 bridgehead atoms. The van der Waals surface area contributed by atoms with E-state index in [1.165, 1.54) is 57.8 Å². The van der Waals surface area contributed by atoms with Crippen molar-refractivity contribution in [2.45, 2.75) is 117 Å². The first kappa shape index (κ1) is 22.7. The van der Waals surface area contributed by atoms with Crippen molar-refractivity contribution in [3.05, 3.63) is 0 Å². The first-order chi connectivity index (χ1) is 13.0. The molecule has 1 N–H and O–H groups in total. The van der Waals surface area contributed by atoms with Crippen LogP contribution in [-0.4, -0.2) is 35.1 Å². The van der Waals surface area contributed by atoms with E-state index >= 15 is 0 Å². The summed E-state index contributed by atoms with van der Waals surface area (Å²) in [6, 6.07) is 0. The Balaban J connectivity index is 1.58. The van der Waals surface area contributed by atoms with Gasteiger partial charge in [0.15, 0.2) is 0 Å². The Morgan fingerprint density at radius 2 is 1.59 bits per heavy atom. The highest BCUT2D eigenvalue weighted by Gasteiger charge is 2.47. The summed E-state index contributed by atoms with van der Waals surface area (Å²) in [7, 11) is 0. The molecular weight excluding hydrogens is 334 g/mol. The van der Waals surface area contributed by atoms with Crippen LogP contribution in [0, 0.1) is 17.3 Å². The van der Waals surface area contributed by atoms with Crippen molar-refractivity contribution in [1.29, 1.82) is 0 Å². The van der Waals surface area contributed by atoms with Gasteiger partial charge in [0, 0.05) is 19.5 Å². The summed E-state index contributed by atoms with van der Waals surface area (Å²) >= 11 is 0. The van der Waals surface area contributed by atoms with E-state index in [9.17, 15) is 9.90 Å². The molecule has 1 unspecified atom stereocenters. The highest BCUT2D eigenvalue weighted by molar-refractivity contribution is 5.76. The lowest BCUT2D eigenvalue weighted by Crippen LogP contribution is -2.55. The predicted octanol–water partition coefficient (Wildman–Crippen LogP) is 5.94. The SMILES string of the molecule is CCCCCCCCCCCCC(=O)N1CCC2[C@H](C)[C@@H](O)CC[C@]2(C)C1. The summed E-state index contributed by atoms with van der Waals surface area (Å²) in [5.74, 6) is 1.32. The number of piperidine rings is 1. The number of aliphatic hydroxyl groups is 1. The number of hydrogen-bond donors (Lipinski definition) is 1. The Kier molecular flexibility index (Phi) is 9.62.